The fraction of sp³-hybridized carbons (Fsp3) is 0.462. The Morgan fingerprint density at radius 2 is 1.40 bits per heavy atom. The Hall–Kier alpha value is -3.25. The highest BCUT2D eigenvalue weighted by atomic mass is 79.9. The highest BCUT2D eigenvalue weighted by Crippen LogP contribution is 2.28. The van der Waals surface area contributed by atoms with Gasteiger partial charge < -0.3 is 39.8 Å². The first kappa shape index (κ1) is 41.4. The van der Waals surface area contributed by atoms with Crippen molar-refractivity contribution < 1.29 is 9.47 Å². The number of hydrogen-bond donors (Lipinski definition) is 2. The van der Waals surface area contributed by atoms with Crippen LogP contribution >= 0.6 is 47.8 Å². The van der Waals surface area contributed by atoms with Crippen LogP contribution in [-0.4, -0.2) is 126 Å². The van der Waals surface area contributed by atoms with Crippen LogP contribution < -0.4 is 26.4 Å². The quantitative estimate of drug-likeness (QED) is 0.327. The van der Waals surface area contributed by atoms with Crippen LogP contribution in [0.1, 0.15) is 13.8 Å². The van der Waals surface area contributed by atoms with Gasteiger partial charge in [-0.15, -0.1) is 0 Å². The zero-order valence-corrected chi connectivity index (χ0v) is 36.6. The van der Waals surface area contributed by atoms with Crippen LogP contribution in [0.4, 0.5) is 23.0 Å². The number of nitrogen functional groups attached to an aromatic ring is 1. The van der Waals surface area contributed by atoms with Crippen LogP contribution in [0, 0.1) is 0 Å². The van der Waals surface area contributed by atoms with E-state index in [1.54, 1.807) is 19.3 Å². The lowest BCUT2D eigenvalue weighted by atomic mass is 10.1. The third-order valence-electron chi connectivity index (χ3n) is 10.5. The molecule has 16 heteroatoms. The number of halogens is 3. The molecule has 55 heavy (non-hydrogen) atoms. The van der Waals surface area contributed by atoms with Crippen molar-refractivity contribution in [1.82, 2.24) is 29.2 Å². The van der Waals surface area contributed by atoms with Crippen molar-refractivity contribution in [2.24, 2.45) is 7.05 Å². The number of nitrogens with one attached hydrogen (secondary N) is 1. The Morgan fingerprint density at radius 1 is 0.836 bits per heavy atom. The molecule has 0 unspecified atom stereocenters. The van der Waals surface area contributed by atoms with Crippen molar-refractivity contribution in [1.29, 1.82) is 0 Å². The van der Waals surface area contributed by atoms with Crippen LogP contribution in [0.5, 0.6) is 0 Å². The van der Waals surface area contributed by atoms with Crippen molar-refractivity contribution in [2.45, 2.75) is 38.0 Å². The molecule has 0 aromatic carbocycles. The number of pyridine rings is 3. The highest BCUT2D eigenvalue weighted by molar-refractivity contribution is 9.12. The van der Waals surface area contributed by atoms with Crippen molar-refractivity contribution in [3.8, 4) is 0 Å². The normalized spacial score (nSPS) is 22.3. The van der Waals surface area contributed by atoms with Crippen LogP contribution in [0.25, 0.3) is 0 Å². The number of anilines is 4. The fourth-order valence-corrected chi connectivity index (χ4v) is 8.96. The first-order chi connectivity index (χ1) is 26.4. The molecule has 2 atom stereocenters. The minimum absolute atomic E-state index is 0.0248. The van der Waals surface area contributed by atoms with E-state index in [1.807, 2.05) is 48.7 Å². The number of rotatable bonds is 6. The van der Waals surface area contributed by atoms with E-state index in [0.717, 1.165) is 91.9 Å². The van der Waals surface area contributed by atoms with Crippen LogP contribution in [-0.2, 0) is 16.5 Å². The van der Waals surface area contributed by atoms with E-state index >= 15 is 0 Å². The summed E-state index contributed by atoms with van der Waals surface area (Å²) >= 11 is 9.92. The molecule has 3 aromatic rings. The standard InChI is InChI=1S/C20H26BrN5O.C13H20N4O.C6H5Br2NO/c1-14-10-25(18-12-27-13-18)6-7-26(14)17-4-5-20(22-9-17)23-19-8-16(21)11-24(3)15(19)2;1-10-7-16(12-8-18-9-12)4-5-17(10)11-2-3-13(14)15-6-11;1-9-3-4(7)2-5(8)6(9)10/h4-5,8-9,11,14,18H,2,6-7,10,12-13H2,1,3H3,(H,22,23);2-3,6,10,12H,4-5,7-9H2,1H3,(H2,14,15);2-3H,1H3/t14-;10-;/m00./s1. The molecule has 5 aliphatic rings. The second kappa shape index (κ2) is 18.8. The summed E-state index contributed by atoms with van der Waals surface area (Å²) in [5.41, 5.74) is 9.80. The molecule has 8 heterocycles. The third kappa shape index (κ3) is 10.6. The molecule has 0 amide bonds. The van der Waals surface area contributed by atoms with Crippen molar-refractivity contribution >= 4 is 70.8 Å². The maximum atomic E-state index is 11.0. The van der Waals surface area contributed by atoms with Crippen LogP contribution in [0.3, 0.4) is 0 Å². The second-order valence-electron chi connectivity index (χ2n) is 14.5. The minimum atomic E-state index is -0.0248. The summed E-state index contributed by atoms with van der Waals surface area (Å²) in [4.78, 5) is 31.7. The van der Waals surface area contributed by atoms with Gasteiger partial charge in [0.25, 0.3) is 5.56 Å². The number of nitrogens with zero attached hydrogens (tertiary/aromatic N) is 8. The number of allylic oxidation sites excluding steroid dienone is 2. The number of aryl methyl sites for hydroxylation is 1. The largest absolute Gasteiger partial charge is 0.384 e. The molecule has 5 aliphatic heterocycles. The second-order valence-corrected chi connectivity index (χ2v) is 17.2. The summed E-state index contributed by atoms with van der Waals surface area (Å²) in [6, 6.07) is 12.1. The SMILES string of the molecule is C=C1C(Nc2ccc(N3CCN(C4COC4)C[C@@H]3C)cn2)=CC(Br)=CN1C.C[C@H]1CN(C2COC2)CCN1c1ccc(N)nc1.Cn1cc(Br)cc(Br)c1=O. The van der Waals surface area contributed by atoms with Gasteiger partial charge in [0.2, 0.25) is 0 Å². The average molecular weight is 948 g/mol. The zero-order chi connectivity index (χ0) is 39.2. The molecule has 296 valence electrons. The Morgan fingerprint density at radius 3 is 1.85 bits per heavy atom. The molecule has 0 radical (unpaired) electrons. The number of aromatic nitrogens is 3. The van der Waals surface area contributed by atoms with Crippen LogP contribution in [0.2, 0.25) is 0 Å². The molecule has 3 aromatic heterocycles. The van der Waals surface area contributed by atoms with Gasteiger partial charge in [0.05, 0.1) is 78.1 Å². The van der Waals surface area contributed by atoms with Gasteiger partial charge in [0.15, 0.2) is 0 Å². The molecular weight excluding hydrogens is 896 g/mol. The lowest BCUT2D eigenvalue weighted by molar-refractivity contribution is -0.0691. The summed E-state index contributed by atoms with van der Waals surface area (Å²) in [6.07, 6.45) is 9.55. The maximum Gasteiger partial charge on any atom is 0.264 e. The molecular formula is C39H51Br3N10O3. The average Bonchev–Trinajstić information content (AvgIpc) is 3.10. The van der Waals surface area contributed by atoms with Gasteiger partial charge >= 0.3 is 0 Å². The summed E-state index contributed by atoms with van der Waals surface area (Å²) in [5, 5.41) is 3.37. The predicted molar refractivity (Wildman–Crippen MR) is 232 cm³/mol. The number of hydrogen-bond acceptors (Lipinski definition) is 12. The Kier molecular flexibility index (Phi) is 14.1. The summed E-state index contributed by atoms with van der Waals surface area (Å²) < 4.78 is 14.6. The first-order valence-corrected chi connectivity index (χ1v) is 20.9. The van der Waals surface area contributed by atoms with Gasteiger partial charge in [-0.2, -0.15) is 0 Å². The monoisotopic (exact) mass is 944 g/mol. The highest BCUT2D eigenvalue weighted by Gasteiger charge is 2.33. The smallest absolute Gasteiger partial charge is 0.264 e. The molecule has 3 N–H and O–H groups in total. The lowest BCUT2D eigenvalue weighted by Gasteiger charge is -2.46. The van der Waals surface area contributed by atoms with E-state index in [9.17, 15) is 4.79 Å². The molecule has 4 fully saturated rings. The van der Waals surface area contributed by atoms with Crippen LogP contribution in [0.15, 0.2) is 97.4 Å². The molecule has 0 saturated carbocycles. The number of piperazine rings is 2. The first-order valence-electron chi connectivity index (χ1n) is 18.5. The third-order valence-corrected chi connectivity index (χ3v) is 11.9. The van der Waals surface area contributed by atoms with Crippen molar-refractivity contribution in [3.63, 3.8) is 0 Å². The molecule has 13 nitrogen and oxygen atoms in total. The predicted octanol–water partition coefficient (Wildman–Crippen LogP) is 5.47. The van der Waals surface area contributed by atoms with E-state index < -0.39 is 0 Å². The van der Waals surface area contributed by atoms with E-state index in [0.29, 0.717) is 34.5 Å². The van der Waals surface area contributed by atoms with Gasteiger partial charge in [0, 0.05) is 86.8 Å². The van der Waals surface area contributed by atoms with Gasteiger partial charge in [0.1, 0.15) is 11.6 Å². The fourth-order valence-electron chi connectivity index (χ4n) is 7.06. The summed E-state index contributed by atoms with van der Waals surface area (Å²) in [5.74, 6) is 1.40. The number of nitrogens with two attached hydrogens (primary N) is 1. The van der Waals surface area contributed by atoms with Gasteiger partial charge in [-0.1, -0.05) is 6.58 Å². The zero-order valence-electron chi connectivity index (χ0n) is 31.9. The number of ether oxygens (including phenoxy) is 2. The Balaban J connectivity index is 0.000000157. The molecule has 0 spiro atoms. The van der Waals surface area contributed by atoms with E-state index in [4.69, 9.17) is 15.2 Å². The summed E-state index contributed by atoms with van der Waals surface area (Å²) in [7, 11) is 3.68. The van der Waals surface area contributed by atoms with Gasteiger partial charge in [-0.05, 0) is 98.0 Å². The summed E-state index contributed by atoms with van der Waals surface area (Å²) in [6.45, 7) is 18.7. The van der Waals surface area contributed by atoms with E-state index in [1.165, 1.54) is 15.9 Å². The molecule has 4 saturated heterocycles. The number of likely N-dealkylation sites (N-methyl/N-ethyl adjacent to an activating group) is 1. The molecule has 0 bridgehead atoms. The molecule has 0 aliphatic carbocycles. The van der Waals surface area contributed by atoms with Crippen molar-refractivity contribution in [2.75, 3.05) is 93.6 Å². The Bertz CT molecular complexity index is 1870. The maximum absolute atomic E-state index is 11.0. The lowest BCUT2D eigenvalue weighted by Crippen LogP contribution is -2.59. The van der Waals surface area contributed by atoms with Crippen molar-refractivity contribution in [3.05, 3.63) is 103 Å². The topological polar surface area (TPSA) is 120 Å². The minimum Gasteiger partial charge on any atom is -0.384 e. The van der Waals surface area contributed by atoms with E-state index in [2.05, 4.69) is 115 Å². The van der Waals surface area contributed by atoms with E-state index in [-0.39, 0.29) is 5.56 Å². The Labute approximate surface area is 349 Å². The molecule has 8 rings (SSSR count). The van der Waals surface area contributed by atoms with Gasteiger partial charge in [-0.3, -0.25) is 14.6 Å². The van der Waals surface area contributed by atoms with Gasteiger partial charge in [-0.25, -0.2) is 9.97 Å².